The predicted molar refractivity (Wildman–Crippen MR) is 74.1 cm³/mol. The zero-order valence-corrected chi connectivity index (χ0v) is 11.7. The van der Waals surface area contributed by atoms with Gasteiger partial charge in [0, 0.05) is 39.5 Å². The first-order valence-corrected chi connectivity index (χ1v) is 6.44. The van der Waals surface area contributed by atoms with Gasteiger partial charge in [-0.15, -0.1) is 0 Å². The number of anilines is 1. The fraction of sp³-hybridized carbons (Fsp3) is 0.571. The number of aromatic nitrogens is 1. The fourth-order valence-corrected chi connectivity index (χ4v) is 2.50. The molecule has 1 saturated heterocycles. The molecule has 0 unspecified atom stereocenters. The normalized spacial score (nSPS) is 23.3. The smallest absolute Gasteiger partial charge is 0.128 e. The third-order valence-electron chi connectivity index (χ3n) is 3.74. The molecule has 1 fully saturated rings. The maximum Gasteiger partial charge on any atom is 0.128 e. The van der Waals surface area contributed by atoms with Crippen LogP contribution in [-0.2, 0) is 4.74 Å². The Labute approximate surface area is 114 Å². The van der Waals surface area contributed by atoms with Crippen molar-refractivity contribution in [1.82, 2.24) is 9.88 Å². The summed E-state index contributed by atoms with van der Waals surface area (Å²) >= 11 is 0. The molecule has 0 N–H and O–H groups in total. The number of pyridine rings is 1. The Kier molecular flexibility index (Phi) is 4.35. The molecule has 0 saturated carbocycles. The molecule has 1 aliphatic rings. The largest absolute Gasteiger partial charge is 0.380 e. The molecule has 5 heteroatoms. The first-order valence-electron chi connectivity index (χ1n) is 6.44. The van der Waals surface area contributed by atoms with Gasteiger partial charge in [-0.05, 0) is 25.6 Å². The number of nitrogens with zero attached hydrogens (tertiary/aromatic N) is 4. The molecule has 2 heterocycles. The number of hydrogen-bond donors (Lipinski definition) is 0. The number of nitriles is 1. The van der Waals surface area contributed by atoms with Gasteiger partial charge in [0.25, 0.3) is 0 Å². The van der Waals surface area contributed by atoms with E-state index >= 15 is 0 Å². The molecule has 0 bridgehead atoms. The van der Waals surface area contributed by atoms with Crippen molar-refractivity contribution in [3.8, 4) is 6.07 Å². The lowest BCUT2D eigenvalue weighted by molar-refractivity contribution is 0.111. The van der Waals surface area contributed by atoms with Gasteiger partial charge in [-0.1, -0.05) is 0 Å². The number of likely N-dealkylation sites (N-methyl/N-ethyl adjacent to an activating group) is 2. The lowest BCUT2D eigenvalue weighted by Gasteiger charge is -2.26. The molecule has 0 aliphatic carbocycles. The van der Waals surface area contributed by atoms with E-state index in [9.17, 15) is 0 Å². The minimum absolute atomic E-state index is 0.331. The zero-order chi connectivity index (χ0) is 13.8. The number of likely N-dealkylation sites (tertiary alicyclic amines) is 1. The van der Waals surface area contributed by atoms with Gasteiger partial charge in [0.1, 0.15) is 11.9 Å². The van der Waals surface area contributed by atoms with E-state index < -0.39 is 0 Å². The minimum Gasteiger partial charge on any atom is -0.380 e. The van der Waals surface area contributed by atoms with E-state index in [1.807, 2.05) is 13.1 Å². The van der Waals surface area contributed by atoms with Crippen LogP contribution in [0.25, 0.3) is 0 Å². The van der Waals surface area contributed by atoms with Crippen molar-refractivity contribution in [2.24, 2.45) is 0 Å². The molecule has 102 valence electrons. The Balaban J connectivity index is 1.97. The van der Waals surface area contributed by atoms with E-state index in [-0.39, 0.29) is 0 Å². The maximum atomic E-state index is 8.76. The molecule has 0 amide bonds. The van der Waals surface area contributed by atoms with Crippen molar-refractivity contribution >= 4 is 5.82 Å². The first kappa shape index (κ1) is 13.8. The second-order valence-corrected chi connectivity index (χ2v) is 5.08. The van der Waals surface area contributed by atoms with E-state index in [1.165, 1.54) is 0 Å². The molecule has 1 aromatic heterocycles. The molecule has 0 spiro atoms. The molecule has 0 radical (unpaired) electrons. The van der Waals surface area contributed by atoms with Gasteiger partial charge in [-0.3, -0.25) is 4.90 Å². The summed E-state index contributed by atoms with van der Waals surface area (Å²) in [6.07, 6.45) is 2.99. The van der Waals surface area contributed by atoms with Crippen LogP contribution in [0.2, 0.25) is 0 Å². The highest BCUT2D eigenvalue weighted by Gasteiger charge is 2.30. The van der Waals surface area contributed by atoms with Gasteiger partial charge >= 0.3 is 0 Å². The van der Waals surface area contributed by atoms with Crippen molar-refractivity contribution in [2.45, 2.75) is 18.6 Å². The van der Waals surface area contributed by atoms with Crippen LogP contribution in [0.5, 0.6) is 0 Å². The highest BCUT2D eigenvalue weighted by atomic mass is 16.5. The van der Waals surface area contributed by atoms with E-state index in [4.69, 9.17) is 10.00 Å². The number of rotatable bonds is 4. The average Bonchev–Trinajstić information content (AvgIpc) is 2.79. The van der Waals surface area contributed by atoms with E-state index in [0.29, 0.717) is 17.7 Å². The molecular formula is C14H20N4O. The minimum atomic E-state index is 0.331. The summed E-state index contributed by atoms with van der Waals surface area (Å²) in [6.45, 7) is 1.89. The summed E-state index contributed by atoms with van der Waals surface area (Å²) in [5.74, 6) is 0.897. The quantitative estimate of drug-likeness (QED) is 0.811. The van der Waals surface area contributed by atoms with Crippen molar-refractivity contribution < 1.29 is 4.74 Å². The van der Waals surface area contributed by atoms with Crippen LogP contribution < -0.4 is 4.90 Å². The maximum absolute atomic E-state index is 8.76. The molecule has 19 heavy (non-hydrogen) atoms. The third kappa shape index (κ3) is 3.22. The molecule has 5 nitrogen and oxygen atoms in total. The third-order valence-corrected chi connectivity index (χ3v) is 3.74. The highest BCUT2D eigenvalue weighted by Crippen LogP contribution is 2.20. The van der Waals surface area contributed by atoms with Crippen LogP contribution in [0, 0.1) is 11.3 Å². The monoisotopic (exact) mass is 260 g/mol. The average molecular weight is 260 g/mol. The highest BCUT2D eigenvalue weighted by molar-refractivity contribution is 5.41. The van der Waals surface area contributed by atoms with Crippen LogP contribution in [-0.4, -0.2) is 56.3 Å². The summed E-state index contributed by atoms with van der Waals surface area (Å²) in [6, 6.07) is 6.25. The lowest BCUT2D eigenvalue weighted by Crippen LogP contribution is -2.36. The standard InChI is InChI=1S/C14H20N4O/c1-17-10-13(19-3)6-12(17)9-18(2)14-5-4-11(7-15)8-16-14/h4-5,8,12-13H,6,9-10H2,1-3H3/t12-,13-/m0/s1. The zero-order valence-electron chi connectivity index (χ0n) is 11.7. The summed E-state index contributed by atoms with van der Waals surface area (Å²) in [4.78, 5) is 8.76. The number of ether oxygens (including phenoxy) is 1. The molecule has 2 rings (SSSR count). The van der Waals surface area contributed by atoms with Crippen molar-refractivity contribution in [3.05, 3.63) is 23.9 Å². The van der Waals surface area contributed by atoms with Gasteiger partial charge in [0.2, 0.25) is 0 Å². The Hall–Kier alpha value is -1.64. The summed E-state index contributed by atoms with van der Waals surface area (Å²) in [5, 5.41) is 8.76. The van der Waals surface area contributed by atoms with Crippen molar-refractivity contribution in [3.63, 3.8) is 0 Å². The summed E-state index contributed by atoms with van der Waals surface area (Å²) in [5.41, 5.74) is 0.592. The molecule has 0 aromatic carbocycles. The Morgan fingerprint density at radius 2 is 2.37 bits per heavy atom. The van der Waals surface area contributed by atoms with Gasteiger partial charge < -0.3 is 9.64 Å². The van der Waals surface area contributed by atoms with Gasteiger partial charge in [0.05, 0.1) is 11.7 Å². The Morgan fingerprint density at radius 3 is 2.89 bits per heavy atom. The molecular weight excluding hydrogens is 240 g/mol. The summed E-state index contributed by atoms with van der Waals surface area (Å²) < 4.78 is 5.42. The summed E-state index contributed by atoms with van der Waals surface area (Å²) in [7, 11) is 5.93. The van der Waals surface area contributed by atoms with E-state index in [0.717, 1.165) is 25.3 Å². The van der Waals surface area contributed by atoms with Crippen molar-refractivity contribution in [1.29, 1.82) is 5.26 Å². The van der Waals surface area contributed by atoms with Crippen LogP contribution in [0.15, 0.2) is 18.3 Å². The topological polar surface area (TPSA) is 52.4 Å². The second kappa shape index (κ2) is 6.00. The van der Waals surface area contributed by atoms with Crippen LogP contribution in [0.1, 0.15) is 12.0 Å². The van der Waals surface area contributed by atoms with E-state index in [2.05, 4.69) is 27.9 Å². The predicted octanol–water partition coefficient (Wildman–Crippen LogP) is 1.11. The molecule has 1 aromatic rings. The van der Waals surface area contributed by atoms with Crippen LogP contribution in [0.3, 0.4) is 0 Å². The Morgan fingerprint density at radius 1 is 1.58 bits per heavy atom. The number of hydrogen-bond acceptors (Lipinski definition) is 5. The SMILES string of the molecule is CO[C@H]1C[C@@H](CN(C)c2ccc(C#N)cn2)N(C)C1. The molecule has 1 aliphatic heterocycles. The molecule has 2 atom stereocenters. The van der Waals surface area contributed by atoms with E-state index in [1.54, 1.807) is 19.4 Å². The fourth-order valence-electron chi connectivity index (χ4n) is 2.50. The van der Waals surface area contributed by atoms with Gasteiger partial charge in [0.15, 0.2) is 0 Å². The second-order valence-electron chi connectivity index (χ2n) is 5.08. The van der Waals surface area contributed by atoms with Crippen LogP contribution in [0.4, 0.5) is 5.82 Å². The van der Waals surface area contributed by atoms with Crippen LogP contribution >= 0.6 is 0 Å². The lowest BCUT2D eigenvalue weighted by atomic mass is 10.2. The van der Waals surface area contributed by atoms with Gasteiger partial charge in [-0.2, -0.15) is 5.26 Å². The van der Waals surface area contributed by atoms with Crippen molar-refractivity contribution in [2.75, 3.05) is 39.2 Å². The van der Waals surface area contributed by atoms with Gasteiger partial charge in [-0.25, -0.2) is 4.98 Å². The Bertz CT molecular complexity index is 454. The first-order chi connectivity index (χ1) is 9.13. The number of methoxy groups -OCH3 is 1.